The van der Waals surface area contributed by atoms with E-state index in [0.717, 1.165) is 59.8 Å². The van der Waals surface area contributed by atoms with Crippen molar-refractivity contribution in [2.45, 2.75) is 0 Å². The third kappa shape index (κ3) is 3.27. The smallest absolute Gasteiger partial charge is 0.180 e. The molecule has 31 heavy (non-hydrogen) atoms. The van der Waals surface area contributed by atoms with E-state index in [1.54, 1.807) is 6.20 Å². The minimum atomic E-state index is 0.707. The molecule has 154 valence electrons. The first kappa shape index (κ1) is 17.9. The summed E-state index contributed by atoms with van der Waals surface area (Å²) in [4.78, 5) is 11.7. The van der Waals surface area contributed by atoms with Gasteiger partial charge >= 0.3 is 0 Å². The Hall–Kier alpha value is -3.91. The molecule has 1 fully saturated rings. The molecule has 0 unspecified atom stereocenters. The van der Waals surface area contributed by atoms with Crippen LogP contribution in [-0.2, 0) is 4.74 Å². The standard InChI is InChI=1S/C23H21N7O/c1-2-16-14-25-28-21(16)19(3-1)20-15-30-9-8-24-23(30)22(27-20)26-17-4-6-18(7-5-17)29-10-12-31-13-11-29/h1-9,14-15H,10-13H2,(H,25,28)(H,26,27). The number of hydrogen-bond donors (Lipinski definition) is 2. The molecule has 5 aromatic rings. The largest absolute Gasteiger partial charge is 0.378 e. The third-order valence-electron chi connectivity index (χ3n) is 5.63. The van der Waals surface area contributed by atoms with Crippen molar-refractivity contribution in [1.82, 2.24) is 24.6 Å². The maximum atomic E-state index is 5.45. The van der Waals surface area contributed by atoms with E-state index >= 15 is 0 Å². The van der Waals surface area contributed by atoms with Gasteiger partial charge in [0.1, 0.15) is 0 Å². The number of aromatic amines is 1. The molecule has 0 spiro atoms. The first-order chi connectivity index (χ1) is 15.3. The highest BCUT2D eigenvalue weighted by Crippen LogP contribution is 2.29. The molecule has 0 bridgehead atoms. The molecule has 6 rings (SSSR count). The summed E-state index contributed by atoms with van der Waals surface area (Å²) in [6, 6.07) is 14.5. The van der Waals surface area contributed by atoms with Crippen molar-refractivity contribution in [2.24, 2.45) is 0 Å². The Morgan fingerprint density at radius 3 is 2.77 bits per heavy atom. The van der Waals surface area contributed by atoms with Crippen molar-refractivity contribution in [1.29, 1.82) is 0 Å². The van der Waals surface area contributed by atoms with Crippen LogP contribution in [0, 0.1) is 0 Å². The summed E-state index contributed by atoms with van der Waals surface area (Å²) in [5, 5.41) is 11.8. The Morgan fingerprint density at radius 1 is 1.03 bits per heavy atom. The number of nitrogens with zero attached hydrogens (tertiary/aromatic N) is 5. The van der Waals surface area contributed by atoms with Gasteiger partial charge in [0.25, 0.3) is 0 Å². The van der Waals surface area contributed by atoms with Gasteiger partial charge in [-0.3, -0.25) is 5.10 Å². The average Bonchev–Trinajstić information content (AvgIpc) is 3.49. The Morgan fingerprint density at radius 2 is 1.90 bits per heavy atom. The minimum absolute atomic E-state index is 0.707. The molecule has 0 saturated carbocycles. The summed E-state index contributed by atoms with van der Waals surface area (Å²) < 4.78 is 7.44. The molecule has 3 aromatic heterocycles. The Bertz CT molecular complexity index is 1350. The zero-order valence-electron chi connectivity index (χ0n) is 16.8. The van der Waals surface area contributed by atoms with Gasteiger partial charge in [0.15, 0.2) is 11.5 Å². The van der Waals surface area contributed by atoms with Gasteiger partial charge in [-0.1, -0.05) is 18.2 Å². The lowest BCUT2D eigenvalue weighted by Crippen LogP contribution is -2.36. The highest BCUT2D eigenvalue weighted by atomic mass is 16.5. The normalized spacial score (nSPS) is 14.4. The monoisotopic (exact) mass is 411 g/mol. The van der Waals surface area contributed by atoms with Gasteiger partial charge in [0.2, 0.25) is 0 Å². The number of rotatable bonds is 4. The van der Waals surface area contributed by atoms with Gasteiger partial charge in [0, 0.05) is 54.0 Å². The fourth-order valence-corrected chi connectivity index (χ4v) is 4.04. The number of hydrogen-bond acceptors (Lipinski definition) is 6. The highest BCUT2D eigenvalue weighted by Gasteiger charge is 2.14. The van der Waals surface area contributed by atoms with Crippen LogP contribution in [0.15, 0.2) is 67.3 Å². The molecule has 4 heterocycles. The van der Waals surface area contributed by atoms with Gasteiger partial charge in [0.05, 0.1) is 30.6 Å². The lowest BCUT2D eigenvalue weighted by atomic mass is 10.1. The van der Waals surface area contributed by atoms with Gasteiger partial charge in [-0.2, -0.15) is 5.10 Å². The van der Waals surface area contributed by atoms with E-state index in [-0.39, 0.29) is 0 Å². The van der Waals surface area contributed by atoms with Crippen LogP contribution in [0.25, 0.3) is 27.8 Å². The molecule has 0 amide bonds. The summed E-state index contributed by atoms with van der Waals surface area (Å²) in [6.45, 7) is 3.39. The molecular weight excluding hydrogens is 390 g/mol. The molecule has 8 heteroatoms. The number of morpholine rings is 1. The second-order valence-corrected chi connectivity index (χ2v) is 7.54. The number of anilines is 3. The molecule has 0 aliphatic carbocycles. The van der Waals surface area contributed by atoms with Crippen LogP contribution >= 0.6 is 0 Å². The lowest BCUT2D eigenvalue weighted by molar-refractivity contribution is 0.122. The average molecular weight is 411 g/mol. The van der Waals surface area contributed by atoms with Crippen LogP contribution in [-0.4, -0.2) is 50.9 Å². The fraction of sp³-hybridized carbons (Fsp3) is 0.174. The van der Waals surface area contributed by atoms with E-state index in [9.17, 15) is 0 Å². The number of nitrogens with one attached hydrogen (secondary N) is 2. The zero-order valence-corrected chi connectivity index (χ0v) is 16.8. The first-order valence-electron chi connectivity index (χ1n) is 10.3. The van der Waals surface area contributed by atoms with Crippen LogP contribution in [0.1, 0.15) is 0 Å². The van der Waals surface area contributed by atoms with Gasteiger partial charge in [-0.25, -0.2) is 9.97 Å². The van der Waals surface area contributed by atoms with Crippen molar-refractivity contribution in [2.75, 3.05) is 36.5 Å². The summed E-state index contributed by atoms with van der Waals surface area (Å²) in [5.41, 5.74) is 5.75. The number of benzene rings is 2. The summed E-state index contributed by atoms with van der Waals surface area (Å²) in [6.07, 6.45) is 7.53. The maximum Gasteiger partial charge on any atom is 0.180 e. The highest BCUT2D eigenvalue weighted by molar-refractivity contribution is 5.92. The second-order valence-electron chi connectivity index (χ2n) is 7.54. The molecule has 0 radical (unpaired) electrons. The van der Waals surface area contributed by atoms with Crippen molar-refractivity contribution in [3.63, 3.8) is 0 Å². The fourth-order valence-electron chi connectivity index (χ4n) is 4.04. The van der Waals surface area contributed by atoms with Gasteiger partial charge < -0.3 is 19.4 Å². The van der Waals surface area contributed by atoms with Crippen LogP contribution in [0.2, 0.25) is 0 Å². The number of imidazole rings is 1. The van der Waals surface area contributed by atoms with Crippen molar-refractivity contribution >= 4 is 33.7 Å². The van der Waals surface area contributed by atoms with E-state index in [2.05, 4.69) is 49.7 Å². The summed E-state index contributed by atoms with van der Waals surface area (Å²) >= 11 is 0. The molecule has 2 aromatic carbocycles. The molecule has 1 aliphatic rings. The lowest BCUT2D eigenvalue weighted by Gasteiger charge is -2.28. The topological polar surface area (TPSA) is 83.4 Å². The maximum absolute atomic E-state index is 5.45. The SMILES string of the molecule is c1cc(-c2cn3ccnc3c(Nc3ccc(N4CCOCC4)cc3)n2)c2[nH]ncc2c1. The third-order valence-corrected chi connectivity index (χ3v) is 5.63. The number of aromatic nitrogens is 5. The van der Waals surface area contributed by atoms with Gasteiger partial charge in [-0.05, 0) is 24.3 Å². The van der Waals surface area contributed by atoms with Crippen LogP contribution in [0.5, 0.6) is 0 Å². The predicted molar refractivity (Wildman–Crippen MR) is 121 cm³/mol. The Labute approximate surface area is 178 Å². The molecule has 2 N–H and O–H groups in total. The van der Waals surface area contributed by atoms with E-state index < -0.39 is 0 Å². The number of H-pyrrole nitrogens is 1. The molecule has 1 aliphatic heterocycles. The summed E-state index contributed by atoms with van der Waals surface area (Å²) in [5.74, 6) is 0.707. The molecule has 0 atom stereocenters. The molecule has 8 nitrogen and oxygen atoms in total. The molecular formula is C23H21N7O. The first-order valence-corrected chi connectivity index (χ1v) is 10.3. The van der Waals surface area contributed by atoms with E-state index in [0.29, 0.717) is 5.82 Å². The van der Waals surface area contributed by atoms with Crippen molar-refractivity contribution in [3.05, 3.63) is 67.3 Å². The van der Waals surface area contributed by atoms with Crippen LogP contribution in [0.3, 0.4) is 0 Å². The number of ether oxygens (including phenoxy) is 1. The number of para-hydroxylation sites is 1. The minimum Gasteiger partial charge on any atom is -0.378 e. The van der Waals surface area contributed by atoms with Crippen LogP contribution in [0.4, 0.5) is 17.2 Å². The Balaban J connectivity index is 1.36. The van der Waals surface area contributed by atoms with Gasteiger partial charge in [-0.15, -0.1) is 0 Å². The van der Waals surface area contributed by atoms with E-state index in [4.69, 9.17) is 9.72 Å². The number of fused-ring (bicyclic) bond motifs is 2. The second kappa shape index (κ2) is 7.41. The van der Waals surface area contributed by atoms with E-state index in [1.165, 1.54) is 5.69 Å². The quantitative estimate of drug-likeness (QED) is 0.467. The van der Waals surface area contributed by atoms with Crippen molar-refractivity contribution < 1.29 is 4.74 Å². The van der Waals surface area contributed by atoms with Crippen molar-refractivity contribution in [3.8, 4) is 11.3 Å². The molecule has 1 saturated heterocycles. The predicted octanol–water partition coefficient (Wildman–Crippen LogP) is 3.85. The summed E-state index contributed by atoms with van der Waals surface area (Å²) in [7, 11) is 0. The Kier molecular flexibility index (Phi) is 4.28. The van der Waals surface area contributed by atoms with E-state index in [1.807, 2.05) is 41.2 Å². The zero-order chi connectivity index (χ0) is 20.6. The van der Waals surface area contributed by atoms with Crippen LogP contribution < -0.4 is 10.2 Å².